The quantitative estimate of drug-likeness (QED) is 0.142. The van der Waals surface area contributed by atoms with E-state index in [1.165, 1.54) is 38.5 Å². The topological polar surface area (TPSA) is 51.2 Å². The summed E-state index contributed by atoms with van der Waals surface area (Å²) in [4.78, 5) is 38.3. The third kappa shape index (κ3) is 14.7. The van der Waals surface area contributed by atoms with Crippen LogP contribution in [0.4, 0.5) is 0 Å². The van der Waals surface area contributed by atoms with Gasteiger partial charge in [-0.1, -0.05) is 0 Å². The molecule has 0 N–H and O–H groups in total. The number of carbonyl (C=O) groups is 3. The third-order valence-corrected chi connectivity index (χ3v) is 9.14. The van der Waals surface area contributed by atoms with Gasteiger partial charge in [-0.05, 0) is 0 Å². The van der Waals surface area contributed by atoms with Crippen LogP contribution in [0.5, 0.6) is 0 Å². The summed E-state index contributed by atoms with van der Waals surface area (Å²) in [5.41, 5.74) is 0. The molecule has 4 heteroatoms. The maximum atomic E-state index is 12.8. The van der Waals surface area contributed by atoms with E-state index in [4.69, 9.17) is 0 Å². The summed E-state index contributed by atoms with van der Waals surface area (Å²) in [6.45, 7) is 6.52. The molecule has 0 amide bonds. The van der Waals surface area contributed by atoms with Gasteiger partial charge in [0.25, 0.3) is 0 Å². The molecule has 0 aliphatic heterocycles. The fourth-order valence-corrected chi connectivity index (χ4v) is 6.97. The van der Waals surface area contributed by atoms with Gasteiger partial charge in [0.05, 0.1) is 0 Å². The Bertz CT molecular complexity index is 358. The average Bonchev–Trinajstić information content (AvgIpc) is 2.67. The molecule has 0 unspecified atom stereocenters. The summed E-state index contributed by atoms with van der Waals surface area (Å²) in [6, 6.07) is 0. The van der Waals surface area contributed by atoms with Crippen LogP contribution in [0, 0.1) is 0 Å². The van der Waals surface area contributed by atoms with E-state index in [0.29, 0.717) is 19.3 Å². The van der Waals surface area contributed by atoms with E-state index in [1.54, 1.807) is 0 Å². The van der Waals surface area contributed by atoms with Crippen LogP contribution in [-0.4, -0.2) is 12.3 Å². The predicted molar refractivity (Wildman–Crippen MR) is 115 cm³/mol. The normalized spacial score (nSPS) is 10.8. The van der Waals surface area contributed by atoms with Crippen LogP contribution in [0.15, 0.2) is 0 Å². The summed E-state index contributed by atoms with van der Waals surface area (Å²) in [5, 5.41) is 0. The first-order valence-corrected chi connectivity index (χ1v) is 14.4. The summed E-state index contributed by atoms with van der Waals surface area (Å²) in [7, 11) is 0. The number of hydrogen-bond acceptors (Lipinski definition) is 3. The van der Waals surface area contributed by atoms with Crippen molar-refractivity contribution in [2.24, 2.45) is 0 Å². The van der Waals surface area contributed by atoms with Crippen molar-refractivity contribution in [2.75, 3.05) is 0 Å². The number of unbranched alkanes of at least 4 members (excludes halogenated alkanes) is 12. The van der Waals surface area contributed by atoms with E-state index in [9.17, 15) is 14.4 Å². The molecular formula is C24H45O3Ti. The van der Waals surface area contributed by atoms with E-state index in [0.717, 1.165) is 57.8 Å². The second kappa shape index (κ2) is 20.0. The molecule has 0 spiro atoms. The average molecular weight is 429 g/mol. The number of rotatable bonds is 21. The molecule has 0 bridgehead atoms. The Hall–Kier alpha value is -0.276. The maximum absolute atomic E-state index is 12.8. The van der Waals surface area contributed by atoms with Gasteiger partial charge in [-0.15, -0.1) is 0 Å². The molecule has 28 heavy (non-hydrogen) atoms. The van der Waals surface area contributed by atoms with E-state index >= 15 is 0 Å². The van der Waals surface area contributed by atoms with E-state index < -0.39 is 17.9 Å². The van der Waals surface area contributed by atoms with Crippen molar-refractivity contribution in [2.45, 2.75) is 136 Å². The molecule has 0 aromatic heterocycles. The van der Waals surface area contributed by atoms with Gasteiger partial charge in [0, 0.05) is 0 Å². The van der Waals surface area contributed by atoms with E-state index in [1.807, 2.05) is 0 Å². The van der Waals surface area contributed by atoms with Crippen molar-refractivity contribution >= 4 is 12.3 Å². The molecule has 0 aromatic rings. The molecule has 0 aromatic carbocycles. The monoisotopic (exact) mass is 429 g/mol. The molecule has 0 aliphatic carbocycles. The minimum absolute atomic E-state index is 0.0496. The van der Waals surface area contributed by atoms with Crippen LogP contribution in [-0.2, 0) is 32.3 Å². The Kier molecular flexibility index (Phi) is 19.8. The zero-order valence-corrected chi connectivity index (χ0v) is 20.5. The fraction of sp³-hybridized carbons (Fsp3) is 0.875. The van der Waals surface area contributed by atoms with Crippen molar-refractivity contribution in [3.8, 4) is 0 Å². The first kappa shape index (κ1) is 27.7. The molecule has 0 saturated heterocycles. The zero-order valence-electron chi connectivity index (χ0n) is 19.0. The van der Waals surface area contributed by atoms with Crippen LogP contribution in [0.3, 0.4) is 0 Å². The first-order chi connectivity index (χ1) is 13.6. The van der Waals surface area contributed by atoms with Crippen LogP contribution >= 0.6 is 0 Å². The van der Waals surface area contributed by atoms with Gasteiger partial charge in [0.15, 0.2) is 0 Å². The standard InChI is InChI=1S/3C8H15O.Ti/c3*1-2-3-4-5-6-7-8-9;/h3*2-7H2,1H3;. The Morgan fingerprint density at radius 1 is 0.429 bits per heavy atom. The van der Waals surface area contributed by atoms with Crippen molar-refractivity contribution in [3.05, 3.63) is 0 Å². The number of hydrogen-bond donors (Lipinski definition) is 0. The molecule has 0 radical (unpaired) electrons. The van der Waals surface area contributed by atoms with Gasteiger partial charge in [0.2, 0.25) is 0 Å². The molecule has 0 atom stereocenters. The Morgan fingerprint density at radius 2 is 0.679 bits per heavy atom. The molecule has 0 fully saturated rings. The molecule has 0 rings (SSSR count). The molecular weight excluding hydrogens is 384 g/mol. The second-order valence-electron chi connectivity index (χ2n) is 8.14. The first-order valence-electron chi connectivity index (χ1n) is 12.0. The van der Waals surface area contributed by atoms with Crippen LogP contribution < -0.4 is 0 Å². The Morgan fingerprint density at radius 3 is 0.929 bits per heavy atom. The van der Waals surface area contributed by atoms with Crippen LogP contribution in [0.1, 0.15) is 136 Å². The van der Waals surface area contributed by atoms with Crippen molar-refractivity contribution in [1.29, 1.82) is 0 Å². The van der Waals surface area contributed by atoms with Gasteiger partial charge in [-0.3, -0.25) is 0 Å². The van der Waals surface area contributed by atoms with Gasteiger partial charge in [0.1, 0.15) is 0 Å². The van der Waals surface area contributed by atoms with Gasteiger partial charge in [-0.25, -0.2) is 0 Å². The SMILES string of the molecule is CCCCCCC[C](=O)[Ti]([C](=O)CCCCCCC)[C](=O)CCCCCCC. The van der Waals surface area contributed by atoms with Gasteiger partial charge >= 0.3 is 181 Å². The minimum atomic E-state index is -2.94. The van der Waals surface area contributed by atoms with Crippen LogP contribution in [0.25, 0.3) is 0 Å². The predicted octanol–water partition coefficient (Wildman–Crippen LogP) is 7.27. The Balaban J connectivity index is 4.55. The molecule has 0 saturated carbocycles. The van der Waals surface area contributed by atoms with Gasteiger partial charge < -0.3 is 0 Å². The fourth-order valence-electron chi connectivity index (χ4n) is 3.51. The van der Waals surface area contributed by atoms with E-state index in [-0.39, 0.29) is 12.3 Å². The molecule has 0 aliphatic rings. The second-order valence-corrected chi connectivity index (χ2v) is 11.9. The van der Waals surface area contributed by atoms with Crippen molar-refractivity contribution < 1.29 is 32.3 Å². The Labute approximate surface area is 180 Å². The van der Waals surface area contributed by atoms with E-state index in [2.05, 4.69) is 20.8 Å². The molecule has 3 nitrogen and oxygen atoms in total. The third-order valence-electron chi connectivity index (χ3n) is 5.36. The van der Waals surface area contributed by atoms with Crippen LogP contribution in [0.2, 0.25) is 0 Å². The summed E-state index contributed by atoms with van der Waals surface area (Å²) < 4.78 is 0.149. The molecule has 0 heterocycles. The van der Waals surface area contributed by atoms with Crippen molar-refractivity contribution in [1.82, 2.24) is 0 Å². The van der Waals surface area contributed by atoms with Gasteiger partial charge in [-0.2, -0.15) is 0 Å². The molecule has 163 valence electrons. The summed E-state index contributed by atoms with van der Waals surface area (Å²) in [5.74, 6) is 0. The summed E-state index contributed by atoms with van der Waals surface area (Å²) >= 11 is -2.94. The number of carbonyl (C=O) groups excluding carboxylic acids is 3. The zero-order chi connectivity index (χ0) is 21.0. The van der Waals surface area contributed by atoms with Crippen molar-refractivity contribution in [3.63, 3.8) is 0 Å². The summed E-state index contributed by atoms with van der Waals surface area (Å²) in [6.07, 6.45) is 17.6.